The largest absolute Gasteiger partial charge is 0.444 e. The van der Waals surface area contributed by atoms with E-state index in [0.717, 1.165) is 0 Å². The van der Waals surface area contributed by atoms with Crippen LogP contribution in [0, 0.1) is 12.7 Å². The second-order valence-corrected chi connectivity index (χ2v) is 6.20. The molecule has 22 heavy (non-hydrogen) atoms. The Morgan fingerprint density at radius 3 is 2.55 bits per heavy atom. The topological polar surface area (TPSA) is 78.8 Å². The highest BCUT2D eigenvalue weighted by Gasteiger charge is 2.23. The predicted molar refractivity (Wildman–Crippen MR) is 81.0 cm³/mol. The van der Waals surface area contributed by atoms with Crippen molar-refractivity contribution in [2.75, 3.05) is 6.54 Å². The maximum absolute atomic E-state index is 13.7. The van der Waals surface area contributed by atoms with E-state index >= 15 is 0 Å². The average molecular weight is 313 g/mol. The van der Waals surface area contributed by atoms with Crippen molar-refractivity contribution in [2.45, 2.75) is 51.9 Å². The van der Waals surface area contributed by atoms with Crippen LogP contribution in [0.15, 0.2) is 18.2 Å². The monoisotopic (exact) mass is 313 g/mol. The summed E-state index contributed by atoms with van der Waals surface area (Å²) in [5.41, 5.74) is 0.0332. The molecular weight excluding hydrogens is 289 g/mol. The first-order valence-electron chi connectivity index (χ1n) is 7.20. The van der Waals surface area contributed by atoms with Gasteiger partial charge in [0.05, 0.1) is 6.10 Å². The van der Waals surface area contributed by atoms with Gasteiger partial charge in [0.25, 0.3) is 0 Å². The summed E-state index contributed by atoms with van der Waals surface area (Å²) in [7, 11) is 0. The van der Waals surface area contributed by atoms with Gasteiger partial charge in [-0.1, -0.05) is 12.1 Å². The zero-order chi connectivity index (χ0) is 16.9. The zero-order valence-corrected chi connectivity index (χ0v) is 13.4. The van der Waals surface area contributed by atoms with Crippen molar-refractivity contribution in [1.29, 1.82) is 0 Å². The van der Waals surface area contributed by atoms with Crippen LogP contribution >= 0.6 is 0 Å². The highest BCUT2D eigenvalue weighted by molar-refractivity contribution is 5.67. The van der Waals surface area contributed by atoms with E-state index in [1.54, 1.807) is 33.8 Å². The number of halogens is 1. The fourth-order valence-electron chi connectivity index (χ4n) is 2.01. The van der Waals surface area contributed by atoms with Gasteiger partial charge >= 0.3 is 6.09 Å². The molecule has 0 aliphatic heterocycles. The van der Waals surface area contributed by atoms with Crippen molar-refractivity contribution in [3.05, 3.63) is 35.1 Å². The smallest absolute Gasteiger partial charge is 0.407 e. The Bertz CT molecular complexity index is 493. The lowest BCUT2D eigenvalue weighted by Crippen LogP contribution is -2.34. The van der Waals surface area contributed by atoms with Gasteiger partial charge in [0.2, 0.25) is 0 Å². The fourth-order valence-corrected chi connectivity index (χ4v) is 2.01. The van der Waals surface area contributed by atoms with Gasteiger partial charge in [-0.05, 0) is 45.7 Å². The quantitative estimate of drug-likeness (QED) is 0.780. The minimum Gasteiger partial charge on any atom is -0.444 e. The van der Waals surface area contributed by atoms with Crippen molar-refractivity contribution in [1.82, 2.24) is 5.32 Å². The lowest BCUT2D eigenvalue weighted by Gasteiger charge is -2.22. The van der Waals surface area contributed by atoms with E-state index in [9.17, 15) is 19.4 Å². The molecule has 1 aromatic carbocycles. The van der Waals surface area contributed by atoms with Crippen LogP contribution in [0.1, 0.15) is 44.4 Å². The van der Waals surface area contributed by atoms with E-state index in [1.165, 1.54) is 12.1 Å². The number of amides is 1. The van der Waals surface area contributed by atoms with E-state index < -0.39 is 29.7 Å². The van der Waals surface area contributed by atoms with Crippen molar-refractivity contribution in [3.8, 4) is 0 Å². The summed E-state index contributed by atoms with van der Waals surface area (Å²) >= 11 is 0. The fraction of sp³-hybridized carbons (Fsp3) is 0.562. The molecule has 1 aromatic rings. The lowest BCUT2D eigenvalue weighted by molar-refractivity contribution is 0.00999. The molecule has 124 valence electrons. The van der Waals surface area contributed by atoms with Gasteiger partial charge in [0, 0.05) is 12.1 Å². The summed E-state index contributed by atoms with van der Waals surface area (Å²) in [6, 6.07) is 4.43. The Balaban J connectivity index is 2.52. The highest BCUT2D eigenvalue weighted by atomic mass is 19.1. The van der Waals surface area contributed by atoms with Crippen molar-refractivity contribution >= 4 is 6.09 Å². The lowest BCUT2D eigenvalue weighted by atomic mass is 9.97. The third-order valence-electron chi connectivity index (χ3n) is 3.04. The normalized spacial score (nSPS) is 14.3. The van der Waals surface area contributed by atoms with Crippen molar-refractivity contribution < 1.29 is 24.1 Å². The molecule has 0 aliphatic carbocycles. The van der Waals surface area contributed by atoms with Crippen LogP contribution in [0.2, 0.25) is 0 Å². The molecule has 0 saturated heterocycles. The van der Waals surface area contributed by atoms with Gasteiger partial charge in [0.15, 0.2) is 0 Å². The number of aliphatic hydroxyl groups excluding tert-OH is 2. The third-order valence-corrected chi connectivity index (χ3v) is 3.04. The molecule has 3 N–H and O–H groups in total. The number of aliphatic hydroxyl groups is 2. The number of hydrogen-bond acceptors (Lipinski definition) is 4. The van der Waals surface area contributed by atoms with Gasteiger partial charge in [0.1, 0.15) is 17.5 Å². The molecule has 5 nitrogen and oxygen atoms in total. The second-order valence-electron chi connectivity index (χ2n) is 6.20. The number of alkyl carbamates (subject to hydrolysis) is 1. The summed E-state index contributed by atoms with van der Waals surface area (Å²) in [6.07, 6.45) is -3.06. The van der Waals surface area contributed by atoms with E-state index in [0.29, 0.717) is 5.56 Å². The van der Waals surface area contributed by atoms with E-state index in [2.05, 4.69) is 5.32 Å². The van der Waals surface area contributed by atoms with E-state index in [-0.39, 0.29) is 18.5 Å². The van der Waals surface area contributed by atoms with E-state index in [1.807, 2.05) is 0 Å². The molecule has 0 heterocycles. The summed E-state index contributed by atoms with van der Waals surface area (Å²) < 4.78 is 18.8. The highest BCUT2D eigenvalue weighted by Crippen LogP contribution is 2.25. The maximum atomic E-state index is 13.7. The number of aryl methyl sites for hydroxylation is 1. The Kier molecular flexibility index (Phi) is 6.32. The Morgan fingerprint density at radius 2 is 2.00 bits per heavy atom. The van der Waals surface area contributed by atoms with Crippen LogP contribution in [0.3, 0.4) is 0 Å². The molecule has 0 aromatic heterocycles. The molecule has 1 rings (SSSR count). The number of carbonyl (C=O) groups is 1. The summed E-state index contributed by atoms with van der Waals surface area (Å²) in [6.45, 7) is 7.00. The van der Waals surface area contributed by atoms with Crippen LogP contribution in [0.5, 0.6) is 0 Å². The number of rotatable bonds is 5. The average Bonchev–Trinajstić information content (AvgIpc) is 2.35. The Morgan fingerprint density at radius 1 is 1.36 bits per heavy atom. The summed E-state index contributed by atoms with van der Waals surface area (Å²) in [5, 5.41) is 22.5. The SMILES string of the molecule is Cc1cccc(F)c1C(O)C(O)CCNC(=O)OC(C)(C)C. The molecule has 2 atom stereocenters. The molecule has 6 heteroatoms. The van der Waals surface area contributed by atoms with Gasteiger partial charge in [-0.3, -0.25) is 0 Å². The first-order chi connectivity index (χ1) is 10.1. The van der Waals surface area contributed by atoms with Crippen LogP contribution in [0.25, 0.3) is 0 Å². The molecular formula is C16H24FNO4. The molecule has 2 unspecified atom stereocenters. The zero-order valence-electron chi connectivity index (χ0n) is 13.4. The standard InChI is InChI=1S/C16H24FNO4/c1-10-6-5-7-11(17)13(10)14(20)12(19)8-9-18-15(21)22-16(2,3)4/h5-7,12,14,19-20H,8-9H2,1-4H3,(H,18,21). The molecule has 0 fully saturated rings. The molecule has 0 spiro atoms. The molecule has 0 bridgehead atoms. The van der Waals surface area contributed by atoms with Crippen LogP contribution in [-0.4, -0.2) is 34.6 Å². The first kappa shape index (κ1) is 18.4. The van der Waals surface area contributed by atoms with Crippen molar-refractivity contribution in [2.24, 2.45) is 0 Å². The van der Waals surface area contributed by atoms with Crippen molar-refractivity contribution in [3.63, 3.8) is 0 Å². The minimum absolute atomic E-state index is 0.0762. The van der Waals surface area contributed by atoms with Gasteiger partial charge in [-0.15, -0.1) is 0 Å². The Labute approximate surface area is 130 Å². The van der Waals surface area contributed by atoms with Gasteiger partial charge in [-0.25, -0.2) is 9.18 Å². The Hall–Kier alpha value is -1.66. The third kappa shape index (κ3) is 5.61. The second kappa shape index (κ2) is 7.56. The molecule has 1 amide bonds. The molecule has 0 aliphatic rings. The number of carbonyl (C=O) groups excluding carboxylic acids is 1. The summed E-state index contributed by atoms with van der Waals surface area (Å²) in [4.78, 5) is 11.5. The number of nitrogens with one attached hydrogen (secondary N) is 1. The molecule has 0 radical (unpaired) electrons. The van der Waals surface area contributed by atoms with Crippen LogP contribution < -0.4 is 5.32 Å². The number of hydrogen-bond donors (Lipinski definition) is 3. The van der Waals surface area contributed by atoms with Gasteiger partial charge in [-0.2, -0.15) is 0 Å². The van der Waals surface area contributed by atoms with Crippen LogP contribution in [-0.2, 0) is 4.74 Å². The maximum Gasteiger partial charge on any atom is 0.407 e. The van der Waals surface area contributed by atoms with E-state index in [4.69, 9.17) is 4.74 Å². The van der Waals surface area contributed by atoms with Crippen LogP contribution in [0.4, 0.5) is 9.18 Å². The minimum atomic E-state index is -1.35. The predicted octanol–water partition coefficient (Wildman–Crippen LogP) is 2.44. The summed E-state index contributed by atoms with van der Waals surface area (Å²) in [5.74, 6) is -0.563. The first-order valence-corrected chi connectivity index (χ1v) is 7.20. The number of ether oxygens (including phenoxy) is 1. The molecule has 0 saturated carbocycles. The van der Waals surface area contributed by atoms with Gasteiger partial charge < -0.3 is 20.3 Å². The number of benzene rings is 1.